The average Bonchev–Trinajstić information content (AvgIpc) is 2.52. The zero-order chi connectivity index (χ0) is 16.8. The highest BCUT2D eigenvalue weighted by Gasteiger charge is 2.26. The molecule has 0 spiro atoms. The van der Waals surface area contributed by atoms with Crippen molar-refractivity contribution in [3.63, 3.8) is 0 Å². The molecule has 23 heavy (non-hydrogen) atoms. The van der Waals surface area contributed by atoms with Gasteiger partial charge >= 0.3 is 0 Å². The van der Waals surface area contributed by atoms with Gasteiger partial charge in [0.05, 0.1) is 18.6 Å². The van der Waals surface area contributed by atoms with Gasteiger partial charge < -0.3 is 16.2 Å². The first-order chi connectivity index (χ1) is 11.0. The van der Waals surface area contributed by atoms with Crippen molar-refractivity contribution in [2.75, 3.05) is 26.2 Å². The minimum atomic E-state index is -0.958. The number of nitrogens with zero attached hydrogens (tertiary/aromatic N) is 1. The molecule has 0 radical (unpaired) electrons. The molecule has 0 aromatic heterocycles. The SMILES string of the molecule is NC(=O)CN1CCCC(C(=O)NCC(O)c2cccc(F)c2)C1. The lowest BCUT2D eigenvalue weighted by Gasteiger charge is -2.31. The third-order valence-corrected chi connectivity index (χ3v) is 3.96. The Labute approximate surface area is 134 Å². The Kier molecular flexibility index (Phi) is 6.06. The summed E-state index contributed by atoms with van der Waals surface area (Å²) in [6.45, 7) is 1.40. The number of primary amides is 1. The predicted molar refractivity (Wildman–Crippen MR) is 82.7 cm³/mol. The summed E-state index contributed by atoms with van der Waals surface area (Å²) in [5.41, 5.74) is 5.60. The number of hydrogen-bond donors (Lipinski definition) is 3. The molecule has 0 saturated carbocycles. The van der Waals surface area contributed by atoms with Gasteiger partial charge in [-0.1, -0.05) is 12.1 Å². The lowest BCUT2D eigenvalue weighted by molar-refractivity contribution is -0.128. The number of rotatable bonds is 6. The van der Waals surface area contributed by atoms with E-state index in [9.17, 15) is 19.1 Å². The molecule has 1 fully saturated rings. The van der Waals surface area contributed by atoms with Crippen LogP contribution in [-0.2, 0) is 9.59 Å². The minimum absolute atomic E-state index is 0.0224. The van der Waals surface area contributed by atoms with Gasteiger partial charge in [0.2, 0.25) is 11.8 Å². The maximum atomic E-state index is 13.1. The molecule has 6 nitrogen and oxygen atoms in total. The van der Waals surface area contributed by atoms with Crippen LogP contribution in [0.25, 0.3) is 0 Å². The topological polar surface area (TPSA) is 95.7 Å². The molecular weight excluding hydrogens is 301 g/mol. The third-order valence-electron chi connectivity index (χ3n) is 3.96. The highest BCUT2D eigenvalue weighted by Crippen LogP contribution is 2.17. The molecule has 2 amide bonds. The van der Waals surface area contributed by atoms with Crippen LogP contribution in [0.4, 0.5) is 4.39 Å². The van der Waals surface area contributed by atoms with E-state index in [-0.39, 0.29) is 24.9 Å². The molecule has 1 aromatic rings. The van der Waals surface area contributed by atoms with Gasteiger partial charge in [-0.05, 0) is 37.1 Å². The normalized spacial score (nSPS) is 20.0. The van der Waals surface area contributed by atoms with Crippen molar-refractivity contribution < 1.29 is 19.1 Å². The van der Waals surface area contributed by atoms with E-state index in [1.54, 1.807) is 6.07 Å². The van der Waals surface area contributed by atoms with E-state index in [0.717, 1.165) is 19.4 Å². The van der Waals surface area contributed by atoms with E-state index >= 15 is 0 Å². The van der Waals surface area contributed by atoms with Crippen molar-refractivity contribution in [2.24, 2.45) is 11.7 Å². The van der Waals surface area contributed by atoms with Gasteiger partial charge in [-0.15, -0.1) is 0 Å². The monoisotopic (exact) mass is 323 g/mol. The standard InChI is InChI=1S/C16H22FN3O3/c17-13-5-1-3-11(7-13)14(21)8-19-16(23)12-4-2-6-20(9-12)10-15(18)22/h1,3,5,7,12,14,21H,2,4,6,8-10H2,(H2,18,22)(H,19,23). The molecule has 126 valence electrons. The number of nitrogens with one attached hydrogen (secondary N) is 1. The first-order valence-electron chi connectivity index (χ1n) is 7.67. The van der Waals surface area contributed by atoms with E-state index in [1.807, 2.05) is 4.90 Å². The second kappa shape index (κ2) is 8.03. The Morgan fingerprint density at radius 2 is 2.26 bits per heavy atom. The molecule has 1 aliphatic rings. The van der Waals surface area contributed by atoms with E-state index in [0.29, 0.717) is 12.1 Å². The van der Waals surface area contributed by atoms with E-state index in [1.165, 1.54) is 18.2 Å². The lowest BCUT2D eigenvalue weighted by atomic mass is 9.97. The number of hydrogen-bond acceptors (Lipinski definition) is 4. The van der Waals surface area contributed by atoms with Crippen LogP contribution in [0.2, 0.25) is 0 Å². The molecular formula is C16H22FN3O3. The fourth-order valence-corrected chi connectivity index (χ4v) is 2.81. The van der Waals surface area contributed by atoms with Crippen LogP contribution in [0.15, 0.2) is 24.3 Å². The summed E-state index contributed by atoms with van der Waals surface area (Å²) in [5, 5.41) is 12.7. The maximum Gasteiger partial charge on any atom is 0.231 e. The Bertz CT molecular complexity index is 567. The lowest BCUT2D eigenvalue weighted by Crippen LogP contribution is -2.46. The zero-order valence-electron chi connectivity index (χ0n) is 12.9. The van der Waals surface area contributed by atoms with Crippen molar-refractivity contribution in [1.29, 1.82) is 0 Å². The van der Waals surface area contributed by atoms with Gasteiger partial charge in [0.15, 0.2) is 0 Å². The molecule has 7 heteroatoms. The summed E-state index contributed by atoms with van der Waals surface area (Å²) >= 11 is 0. The second-order valence-corrected chi connectivity index (χ2v) is 5.86. The number of carbonyl (C=O) groups excluding carboxylic acids is 2. The maximum absolute atomic E-state index is 13.1. The minimum Gasteiger partial charge on any atom is -0.387 e. The van der Waals surface area contributed by atoms with Gasteiger partial charge in [0, 0.05) is 13.1 Å². The summed E-state index contributed by atoms with van der Waals surface area (Å²) in [6, 6.07) is 5.66. The number of carbonyl (C=O) groups is 2. The van der Waals surface area contributed by atoms with Crippen molar-refractivity contribution in [3.8, 4) is 0 Å². The highest BCUT2D eigenvalue weighted by molar-refractivity contribution is 5.79. The average molecular weight is 323 g/mol. The summed E-state index contributed by atoms with van der Waals surface area (Å²) in [7, 11) is 0. The second-order valence-electron chi connectivity index (χ2n) is 5.86. The number of aliphatic hydroxyl groups excluding tert-OH is 1. The number of nitrogens with two attached hydrogens (primary N) is 1. The third kappa shape index (κ3) is 5.30. The van der Waals surface area contributed by atoms with Crippen molar-refractivity contribution in [2.45, 2.75) is 18.9 Å². The van der Waals surface area contributed by atoms with Crippen LogP contribution in [0.3, 0.4) is 0 Å². The van der Waals surface area contributed by atoms with E-state index in [2.05, 4.69) is 5.32 Å². The van der Waals surface area contributed by atoms with Crippen LogP contribution in [0.1, 0.15) is 24.5 Å². The van der Waals surface area contributed by atoms with Crippen molar-refractivity contribution >= 4 is 11.8 Å². The molecule has 4 N–H and O–H groups in total. The molecule has 0 bridgehead atoms. The van der Waals surface area contributed by atoms with Gasteiger partial charge in [-0.2, -0.15) is 0 Å². The first kappa shape index (κ1) is 17.4. The summed E-state index contributed by atoms with van der Waals surface area (Å²) in [4.78, 5) is 25.0. The number of piperidine rings is 1. The van der Waals surface area contributed by atoms with Gasteiger partial charge in [0.1, 0.15) is 5.82 Å². The van der Waals surface area contributed by atoms with Crippen molar-refractivity contribution in [1.82, 2.24) is 10.2 Å². The van der Waals surface area contributed by atoms with Crippen LogP contribution in [-0.4, -0.2) is 48.0 Å². The largest absolute Gasteiger partial charge is 0.387 e. The van der Waals surface area contributed by atoms with Gasteiger partial charge in [-0.25, -0.2) is 4.39 Å². The van der Waals surface area contributed by atoms with Crippen LogP contribution in [0, 0.1) is 11.7 Å². The van der Waals surface area contributed by atoms with Crippen LogP contribution < -0.4 is 11.1 Å². The van der Waals surface area contributed by atoms with Gasteiger partial charge in [0.25, 0.3) is 0 Å². The smallest absolute Gasteiger partial charge is 0.231 e. The summed E-state index contributed by atoms with van der Waals surface area (Å²) in [6.07, 6.45) is 0.592. The predicted octanol–water partition coefficient (Wildman–Crippen LogP) is 0.173. The molecule has 1 aliphatic heterocycles. The molecule has 0 aliphatic carbocycles. The summed E-state index contributed by atoms with van der Waals surface area (Å²) < 4.78 is 13.1. The Balaban J connectivity index is 1.83. The number of halogens is 1. The van der Waals surface area contributed by atoms with E-state index < -0.39 is 17.8 Å². The molecule has 2 unspecified atom stereocenters. The van der Waals surface area contributed by atoms with Crippen LogP contribution in [0.5, 0.6) is 0 Å². The molecule has 1 saturated heterocycles. The zero-order valence-corrected chi connectivity index (χ0v) is 12.9. The van der Waals surface area contributed by atoms with Gasteiger partial charge in [-0.3, -0.25) is 14.5 Å². The Hall–Kier alpha value is -1.99. The number of aliphatic hydroxyl groups is 1. The Morgan fingerprint density at radius 3 is 2.96 bits per heavy atom. The number of likely N-dealkylation sites (tertiary alicyclic amines) is 1. The highest BCUT2D eigenvalue weighted by atomic mass is 19.1. The summed E-state index contributed by atoms with van der Waals surface area (Å²) in [5.74, 6) is -1.24. The quantitative estimate of drug-likeness (QED) is 0.695. The number of benzene rings is 1. The molecule has 2 rings (SSSR count). The number of amides is 2. The fourth-order valence-electron chi connectivity index (χ4n) is 2.81. The van der Waals surface area contributed by atoms with Crippen LogP contribution >= 0.6 is 0 Å². The van der Waals surface area contributed by atoms with Crippen molar-refractivity contribution in [3.05, 3.63) is 35.6 Å². The first-order valence-corrected chi connectivity index (χ1v) is 7.67. The Morgan fingerprint density at radius 1 is 1.48 bits per heavy atom. The molecule has 1 aromatic carbocycles. The fraction of sp³-hybridized carbons (Fsp3) is 0.500. The van der Waals surface area contributed by atoms with E-state index in [4.69, 9.17) is 5.73 Å². The molecule has 2 atom stereocenters. The molecule has 1 heterocycles.